The van der Waals surface area contributed by atoms with E-state index >= 15 is 0 Å². The number of nitrogens with one attached hydrogen (secondary N) is 7. The maximum Gasteiger partial charge on any atom is 0.407 e. The predicted molar refractivity (Wildman–Crippen MR) is 415 cm³/mol. The number of carboxylic acid groups (broad SMARTS) is 1. The standard InChI is InChI=1S/C82H91N15O15/c1-5-93-45-62(60-27-34-84-73(60)77(93)106)52-22-25-64-61(41-52)74(82(112-55-23-24-55,53-15-7-6-8-16-53)47-110-49-87-70(100)44-85-75(104)65(42-69(83)99)89-50(2)98)92-78(90-64)95-35-28-54(29-36-95)94-38-31-81(3,32-39-94)88-33-13-14-51-21-26-68(109-4)67(40-51)96-37-30-71(101)97(80(96)108)48-86-76(105)66(43-72(102)103)91-79(107)111-46-63-58-19-11-9-17-56(58)57-18-10-12-20-59(57)63/h6-12,15-22,25-27,34,40-41,45,54-55,63,65-66,84,88H,5,23-24,28-33,35-39,42-44,46-49H2,1-4H3,(H2,83,99)(H,85,104)(H,86,105)(H,87,100)(H,89,98)(H,91,107)(H,102,103)/t65-,66-,82-/m0/s1. The number of alkyl carbamates (subject to hydrolysis) is 1. The number of nitrogens with two attached hydrogens (primary N) is 1. The number of nitrogens with zero attached hydrogens (tertiary/aromatic N) is 7. The zero-order chi connectivity index (χ0) is 78.8. The molecule has 584 valence electrons. The van der Waals surface area contributed by atoms with Crippen LogP contribution in [-0.4, -0.2) is 197 Å². The molecule has 9 amide bonds. The number of fused-ring (bicyclic) bond motifs is 5. The number of primary amides is 1. The number of carbonyl (C=O) groups is 9. The van der Waals surface area contributed by atoms with Crippen LogP contribution in [0.25, 0.3) is 44.1 Å². The van der Waals surface area contributed by atoms with Gasteiger partial charge in [-0.05, 0) is 122 Å². The number of methoxy groups -OCH3 is 1. The summed E-state index contributed by atoms with van der Waals surface area (Å²) < 4.78 is 26.7. The van der Waals surface area contributed by atoms with Gasteiger partial charge in [0.05, 0.1) is 62.6 Å². The summed E-state index contributed by atoms with van der Waals surface area (Å²) in [7, 11) is 1.46. The molecule has 8 aromatic rings. The van der Waals surface area contributed by atoms with E-state index in [0.717, 1.165) is 101 Å². The van der Waals surface area contributed by atoms with Crippen LogP contribution in [0.15, 0.2) is 139 Å². The van der Waals surface area contributed by atoms with Crippen molar-refractivity contribution in [2.75, 3.05) is 89.3 Å². The number of anilines is 2. The quantitative estimate of drug-likeness (QED) is 0.0140. The van der Waals surface area contributed by atoms with Crippen LogP contribution < -0.4 is 57.7 Å². The van der Waals surface area contributed by atoms with Crippen molar-refractivity contribution in [2.24, 2.45) is 5.73 Å². The predicted octanol–water partition coefficient (Wildman–Crippen LogP) is 6.06. The van der Waals surface area contributed by atoms with Crippen LogP contribution in [0.2, 0.25) is 0 Å². The number of H-pyrrole nitrogens is 1. The van der Waals surface area contributed by atoms with E-state index < -0.39 is 97.3 Å². The minimum absolute atomic E-state index is 0.00354. The summed E-state index contributed by atoms with van der Waals surface area (Å²) in [5, 5.41) is 27.3. The van der Waals surface area contributed by atoms with Gasteiger partial charge in [0.15, 0.2) is 5.60 Å². The highest BCUT2D eigenvalue weighted by Gasteiger charge is 2.46. The number of aliphatic carboxylic acids is 1. The number of amides is 9. The third-order valence-corrected chi connectivity index (χ3v) is 21.4. The van der Waals surface area contributed by atoms with E-state index in [1.54, 1.807) is 29.0 Å². The van der Waals surface area contributed by atoms with Crippen LogP contribution in [-0.2, 0) is 59.9 Å². The Morgan fingerprint density at radius 2 is 1.48 bits per heavy atom. The summed E-state index contributed by atoms with van der Waals surface area (Å²) >= 11 is 0. The second kappa shape index (κ2) is 34.5. The van der Waals surface area contributed by atoms with Crippen molar-refractivity contribution in [3.63, 3.8) is 0 Å². The van der Waals surface area contributed by atoms with Crippen molar-refractivity contribution in [3.8, 4) is 39.8 Å². The molecule has 13 rings (SSSR count). The van der Waals surface area contributed by atoms with Crippen LogP contribution in [0.3, 0.4) is 0 Å². The lowest BCUT2D eigenvalue weighted by Crippen LogP contribution is -2.57. The SMILES string of the molecule is CCn1cc(-c2ccc3nc(N4CCC(N5CCC(C)(NCC#Cc6ccc(OC)c(N7CCC(=O)N(CNC(=O)[C@H](CC(=O)O)NC(=O)OCC8c9ccccc9-c9ccccc98)C7=O)c6)CC5)CC4)nc([C@@](COCNC(=O)CNC(=O)[C@H](CC(N)=O)NC(C)=O)(OC4CC4)c4ccccc4)c3c2)c2cc[nH]c2c1=O. The molecule has 5 aliphatic rings. The second-order valence-electron chi connectivity index (χ2n) is 28.9. The molecule has 30 heteroatoms. The maximum absolute atomic E-state index is 14.2. The van der Waals surface area contributed by atoms with Crippen molar-refractivity contribution in [1.82, 2.24) is 61.2 Å². The largest absolute Gasteiger partial charge is 0.495 e. The molecule has 6 heterocycles. The van der Waals surface area contributed by atoms with Crippen molar-refractivity contribution in [2.45, 2.75) is 126 Å². The Morgan fingerprint density at radius 1 is 0.777 bits per heavy atom. The van der Waals surface area contributed by atoms with Crippen LogP contribution in [0.1, 0.15) is 112 Å². The smallest absolute Gasteiger partial charge is 0.407 e. The Morgan fingerprint density at radius 3 is 2.17 bits per heavy atom. The first kappa shape index (κ1) is 78.1. The second-order valence-corrected chi connectivity index (χ2v) is 28.9. The van der Waals surface area contributed by atoms with Gasteiger partial charge in [-0.25, -0.2) is 24.5 Å². The summed E-state index contributed by atoms with van der Waals surface area (Å²) in [6, 6.07) is 34.9. The highest BCUT2D eigenvalue weighted by Crippen LogP contribution is 2.46. The number of ether oxygens (including phenoxy) is 4. The molecule has 2 aliphatic carbocycles. The fourth-order valence-corrected chi connectivity index (χ4v) is 15.2. The van der Waals surface area contributed by atoms with Gasteiger partial charge < -0.3 is 81.0 Å². The van der Waals surface area contributed by atoms with Crippen LogP contribution in [0.4, 0.5) is 21.2 Å². The highest BCUT2D eigenvalue weighted by atomic mass is 16.6. The van der Waals surface area contributed by atoms with E-state index in [1.807, 2.05) is 116 Å². The highest BCUT2D eigenvalue weighted by molar-refractivity contribution is 6.07. The third-order valence-electron chi connectivity index (χ3n) is 21.4. The van der Waals surface area contributed by atoms with E-state index in [9.17, 15) is 53.1 Å². The number of benzene rings is 5. The first-order valence-corrected chi connectivity index (χ1v) is 37.7. The lowest BCUT2D eigenvalue weighted by molar-refractivity contribution is -0.140. The molecule has 0 radical (unpaired) electrons. The molecule has 30 nitrogen and oxygen atoms in total. The van der Waals surface area contributed by atoms with E-state index in [4.69, 9.17) is 34.6 Å². The van der Waals surface area contributed by atoms with Crippen molar-refractivity contribution < 1.29 is 67.2 Å². The minimum Gasteiger partial charge on any atom is -0.495 e. The average Bonchev–Trinajstić information content (AvgIpc) is 0.906. The summed E-state index contributed by atoms with van der Waals surface area (Å²) in [6.45, 7) is 7.55. The number of pyridine rings is 1. The number of piperidine rings is 2. The Labute approximate surface area is 645 Å². The minimum atomic E-state index is -1.61. The number of hydrogen-bond acceptors (Lipinski definition) is 19. The van der Waals surface area contributed by atoms with Crippen molar-refractivity contribution in [1.29, 1.82) is 0 Å². The van der Waals surface area contributed by atoms with Crippen LogP contribution in [0.5, 0.6) is 5.75 Å². The van der Waals surface area contributed by atoms with Crippen LogP contribution in [0, 0.1) is 11.8 Å². The summed E-state index contributed by atoms with van der Waals surface area (Å²) in [5.74, 6) is 1.41. The molecule has 3 atom stereocenters. The van der Waals surface area contributed by atoms with E-state index in [1.165, 1.54) is 18.9 Å². The Bertz CT molecular complexity index is 4980. The Kier molecular flexibility index (Phi) is 24.0. The van der Waals surface area contributed by atoms with Gasteiger partial charge in [0.2, 0.25) is 41.4 Å². The van der Waals surface area contributed by atoms with Gasteiger partial charge in [0.1, 0.15) is 43.4 Å². The number of aromatic amines is 1. The van der Waals surface area contributed by atoms with Gasteiger partial charge in [-0.2, -0.15) is 0 Å². The molecular weight excluding hydrogens is 1430 g/mol. The average molecular weight is 1530 g/mol. The molecule has 1 saturated carbocycles. The van der Waals surface area contributed by atoms with E-state index in [2.05, 4.69) is 65.4 Å². The number of rotatable bonds is 30. The molecule has 0 bridgehead atoms. The number of hydrogen-bond donors (Lipinski definition) is 9. The number of imide groups is 1. The number of likely N-dealkylation sites (tertiary alicyclic amines) is 1. The van der Waals surface area contributed by atoms with Crippen LogP contribution >= 0.6 is 0 Å². The zero-order valence-corrected chi connectivity index (χ0v) is 62.8. The Balaban J connectivity index is 0.646. The maximum atomic E-state index is 14.2. The molecule has 3 aromatic heterocycles. The lowest BCUT2D eigenvalue weighted by Gasteiger charge is -2.45. The molecule has 3 aliphatic heterocycles. The molecule has 10 N–H and O–H groups in total. The fourth-order valence-electron chi connectivity index (χ4n) is 15.2. The zero-order valence-electron chi connectivity index (χ0n) is 62.8. The first-order valence-electron chi connectivity index (χ1n) is 37.7. The lowest BCUT2D eigenvalue weighted by atomic mass is 9.87. The van der Waals surface area contributed by atoms with Gasteiger partial charge >= 0.3 is 18.1 Å². The number of urea groups is 1. The molecule has 0 spiro atoms. The number of carbonyl (C=O) groups excluding carboxylic acids is 8. The Hall–Kier alpha value is -12.0. The van der Waals surface area contributed by atoms with Crippen molar-refractivity contribution >= 4 is 87.0 Å². The molecule has 5 aromatic carbocycles. The van der Waals surface area contributed by atoms with Gasteiger partial charge in [0, 0.05) is 104 Å². The van der Waals surface area contributed by atoms with Crippen molar-refractivity contribution in [3.05, 3.63) is 172 Å². The summed E-state index contributed by atoms with van der Waals surface area (Å²) in [6.07, 6.45) is 6.06. The molecule has 4 fully saturated rings. The summed E-state index contributed by atoms with van der Waals surface area (Å²) in [5.41, 5.74) is 12.5. The molecule has 0 unspecified atom stereocenters. The van der Waals surface area contributed by atoms with Gasteiger partial charge in [0.25, 0.3) is 5.56 Å². The van der Waals surface area contributed by atoms with Gasteiger partial charge in [-0.3, -0.25) is 43.3 Å². The van der Waals surface area contributed by atoms with Gasteiger partial charge in [-0.1, -0.05) is 96.8 Å². The van der Waals surface area contributed by atoms with Gasteiger partial charge in [-0.15, -0.1) is 0 Å². The molecular formula is C82H91N15O15. The van der Waals surface area contributed by atoms with E-state index in [-0.39, 0.29) is 62.1 Å². The van der Waals surface area contributed by atoms with E-state index in [0.29, 0.717) is 71.2 Å². The molecule has 112 heavy (non-hydrogen) atoms. The molecule has 3 saturated heterocycles. The fraction of sp³-hybridized carbons (Fsp3) is 0.390. The monoisotopic (exact) mass is 1530 g/mol. The number of aromatic nitrogens is 4. The first-order chi connectivity index (χ1) is 54.1. The normalized spacial score (nSPS) is 16.8. The number of aryl methyl sites for hydroxylation is 1. The summed E-state index contributed by atoms with van der Waals surface area (Å²) in [4.78, 5) is 151. The number of carboxylic acids is 1. The topological polar surface area (TPSA) is 386 Å². The third kappa shape index (κ3) is 17.7.